The predicted octanol–water partition coefficient (Wildman–Crippen LogP) is 1.19. The van der Waals surface area contributed by atoms with Gasteiger partial charge in [0, 0.05) is 18.7 Å². The van der Waals surface area contributed by atoms with E-state index in [0.29, 0.717) is 25.3 Å². The summed E-state index contributed by atoms with van der Waals surface area (Å²) in [6.07, 6.45) is 0.692. The smallest absolute Gasteiger partial charge is 0.340 e. The number of benzene rings is 1. The first-order valence-electron chi connectivity index (χ1n) is 7.40. The van der Waals surface area contributed by atoms with E-state index in [1.165, 1.54) is 0 Å². The number of nitrogen functional groups attached to an aromatic ring is 1. The highest BCUT2D eigenvalue weighted by molar-refractivity contribution is 5.96. The van der Waals surface area contributed by atoms with Gasteiger partial charge in [0.05, 0.1) is 12.2 Å². The first-order valence-corrected chi connectivity index (χ1v) is 7.40. The van der Waals surface area contributed by atoms with E-state index in [9.17, 15) is 14.4 Å². The van der Waals surface area contributed by atoms with Crippen molar-refractivity contribution in [2.24, 2.45) is 0 Å². The highest BCUT2D eigenvalue weighted by Gasteiger charge is 2.14. The standard InChI is InChI=1S/C16H22N2O5/c1-3-22-14(20)8-5-9-18-13(19)10-23-16(21)12-7-4-6-11(2)15(12)17/h4,6-7H,3,5,8-10,17H2,1-2H3,(H,18,19). The third-order valence-electron chi connectivity index (χ3n) is 3.06. The summed E-state index contributed by atoms with van der Waals surface area (Å²) in [6, 6.07) is 5.02. The number of ether oxygens (including phenoxy) is 2. The molecule has 0 spiro atoms. The highest BCUT2D eigenvalue weighted by atomic mass is 16.5. The zero-order chi connectivity index (χ0) is 17.2. The van der Waals surface area contributed by atoms with Crippen molar-refractivity contribution in [1.29, 1.82) is 0 Å². The molecule has 0 atom stereocenters. The lowest BCUT2D eigenvalue weighted by Gasteiger charge is -2.09. The van der Waals surface area contributed by atoms with Gasteiger partial charge in [-0.05, 0) is 31.9 Å². The molecule has 0 unspecified atom stereocenters. The van der Waals surface area contributed by atoms with E-state index in [-0.39, 0.29) is 18.0 Å². The number of anilines is 1. The van der Waals surface area contributed by atoms with Crippen molar-refractivity contribution in [3.63, 3.8) is 0 Å². The number of rotatable bonds is 8. The van der Waals surface area contributed by atoms with Crippen LogP contribution in [0.1, 0.15) is 35.7 Å². The van der Waals surface area contributed by atoms with Crippen molar-refractivity contribution in [3.8, 4) is 0 Å². The van der Waals surface area contributed by atoms with Crippen LogP contribution in [0, 0.1) is 6.92 Å². The highest BCUT2D eigenvalue weighted by Crippen LogP contribution is 2.17. The molecule has 3 N–H and O–H groups in total. The number of nitrogens with two attached hydrogens (primary N) is 1. The van der Waals surface area contributed by atoms with Crippen LogP contribution in [0.25, 0.3) is 0 Å². The average molecular weight is 322 g/mol. The molecule has 0 radical (unpaired) electrons. The molecular formula is C16H22N2O5. The van der Waals surface area contributed by atoms with E-state index in [1.807, 2.05) is 0 Å². The molecule has 0 aliphatic heterocycles. The van der Waals surface area contributed by atoms with Crippen molar-refractivity contribution in [3.05, 3.63) is 29.3 Å². The zero-order valence-electron chi connectivity index (χ0n) is 13.4. The Hall–Kier alpha value is -2.57. The summed E-state index contributed by atoms with van der Waals surface area (Å²) in [5.41, 5.74) is 7.14. The largest absolute Gasteiger partial charge is 0.466 e. The molecule has 126 valence electrons. The Bertz CT molecular complexity index is 572. The van der Waals surface area contributed by atoms with E-state index < -0.39 is 18.5 Å². The van der Waals surface area contributed by atoms with Gasteiger partial charge in [0.25, 0.3) is 5.91 Å². The van der Waals surface area contributed by atoms with Crippen LogP contribution >= 0.6 is 0 Å². The maximum atomic E-state index is 11.9. The second kappa shape index (κ2) is 9.45. The monoisotopic (exact) mass is 322 g/mol. The number of aryl methyl sites for hydroxylation is 1. The summed E-state index contributed by atoms with van der Waals surface area (Å²) in [5.74, 6) is -1.38. The second-order valence-corrected chi connectivity index (χ2v) is 4.87. The van der Waals surface area contributed by atoms with Gasteiger partial charge < -0.3 is 20.5 Å². The van der Waals surface area contributed by atoms with Crippen LogP contribution in [0.15, 0.2) is 18.2 Å². The number of esters is 2. The SMILES string of the molecule is CCOC(=O)CCCNC(=O)COC(=O)c1cccc(C)c1N. The van der Waals surface area contributed by atoms with E-state index in [0.717, 1.165) is 5.56 Å². The Balaban J connectivity index is 2.29. The number of carbonyl (C=O) groups excluding carboxylic acids is 3. The fourth-order valence-corrected chi connectivity index (χ4v) is 1.81. The number of para-hydroxylation sites is 1. The van der Waals surface area contributed by atoms with Gasteiger partial charge in [-0.2, -0.15) is 0 Å². The number of hydrogen-bond acceptors (Lipinski definition) is 6. The Morgan fingerprint density at radius 3 is 2.65 bits per heavy atom. The third kappa shape index (κ3) is 6.37. The van der Waals surface area contributed by atoms with Crippen LogP contribution in [0.4, 0.5) is 5.69 Å². The molecule has 0 heterocycles. The lowest BCUT2D eigenvalue weighted by Crippen LogP contribution is -2.30. The predicted molar refractivity (Wildman–Crippen MR) is 84.8 cm³/mol. The molecule has 0 aromatic heterocycles. The van der Waals surface area contributed by atoms with Gasteiger partial charge in [-0.3, -0.25) is 9.59 Å². The van der Waals surface area contributed by atoms with Crippen molar-refractivity contribution < 1.29 is 23.9 Å². The van der Waals surface area contributed by atoms with Crippen LogP contribution in [0.3, 0.4) is 0 Å². The summed E-state index contributed by atoms with van der Waals surface area (Å²) < 4.78 is 9.68. The lowest BCUT2D eigenvalue weighted by molar-refractivity contribution is -0.143. The van der Waals surface area contributed by atoms with Crippen LogP contribution in [-0.2, 0) is 19.1 Å². The number of carbonyl (C=O) groups is 3. The molecule has 0 aliphatic rings. The molecule has 1 amide bonds. The lowest BCUT2D eigenvalue weighted by atomic mass is 10.1. The quantitative estimate of drug-likeness (QED) is 0.423. The molecule has 1 rings (SSSR count). The van der Waals surface area contributed by atoms with Crippen molar-refractivity contribution in [1.82, 2.24) is 5.32 Å². The molecule has 7 nitrogen and oxygen atoms in total. The van der Waals surface area contributed by atoms with Crippen LogP contribution in [0.2, 0.25) is 0 Å². The first-order chi connectivity index (χ1) is 11.0. The summed E-state index contributed by atoms with van der Waals surface area (Å²) in [7, 11) is 0. The van der Waals surface area contributed by atoms with Gasteiger partial charge in [-0.15, -0.1) is 0 Å². The molecular weight excluding hydrogens is 300 g/mol. The van der Waals surface area contributed by atoms with E-state index in [1.54, 1.807) is 32.0 Å². The van der Waals surface area contributed by atoms with Gasteiger partial charge in [0.1, 0.15) is 0 Å². The van der Waals surface area contributed by atoms with Crippen LogP contribution in [-0.4, -0.2) is 37.6 Å². The van der Waals surface area contributed by atoms with E-state index >= 15 is 0 Å². The van der Waals surface area contributed by atoms with E-state index in [2.05, 4.69) is 5.32 Å². The molecule has 0 saturated carbocycles. The van der Waals surface area contributed by atoms with E-state index in [4.69, 9.17) is 15.2 Å². The number of amides is 1. The average Bonchev–Trinajstić information content (AvgIpc) is 2.52. The van der Waals surface area contributed by atoms with Crippen molar-refractivity contribution in [2.45, 2.75) is 26.7 Å². The van der Waals surface area contributed by atoms with Gasteiger partial charge >= 0.3 is 11.9 Å². The van der Waals surface area contributed by atoms with Crippen LogP contribution in [0.5, 0.6) is 0 Å². The maximum absolute atomic E-state index is 11.9. The van der Waals surface area contributed by atoms with Gasteiger partial charge in [-0.1, -0.05) is 12.1 Å². The first kappa shape index (κ1) is 18.5. The van der Waals surface area contributed by atoms with Crippen molar-refractivity contribution >= 4 is 23.5 Å². The normalized spacial score (nSPS) is 10.0. The van der Waals surface area contributed by atoms with Gasteiger partial charge in [-0.25, -0.2) is 4.79 Å². The minimum absolute atomic E-state index is 0.230. The molecule has 0 saturated heterocycles. The van der Waals surface area contributed by atoms with Gasteiger partial charge in [0.15, 0.2) is 6.61 Å². The van der Waals surface area contributed by atoms with Crippen molar-refractivity contribution in [2.75, 3.05) is 25.5 Å². The molecule has 23 heavy (non-hydrogen) atoms. The summed E-state index contributed by atoms with van der Waals surface area (Å²) in [6.45, 7) is 3.76. The number of hydrogen-bond donors (Lipinski definition) is 2. The summed E-state index contributed by atoms with van der Waals surface area (Å²) in [5, 5.41) is 2.56. The summed E-state index contributed by atoms with van der Waals surface area (Å²) >= 11 is 0. The topological polar surface area (TPSA) is 108 Å². The fourth-order valence-electron chi connectivity index (χ4n) is 1.81. The minimum Gasteiger partial charge on any atom is -0.466 e. The molecule has 7 heteroatoms. The molecule has 1 aromatic rings. The Morgan fingerprint density at radius 1 is 1.22 bits per heavy atom. The zero-order valence-corrected chi connectivity index (χ0v) is 13.4. The molecule has 0 bridgehead atoms. The third-order valence-corrected chi connectivity index (χ3v) is 3.06. The maximum Gasteiger partial charge on any atom is 0.340 e. The van der Waals surface area contributed by atoms with Crippen LogP contribution < -0.4 is 11.1 Å². The summed E-state index contributed by atoms with van der Waals surface area (Å²) in [4.78, 5) is 34.5. The molecule has 1 aromatic carbocycles. The minimum atomic E-state index is -0.645. The number of nitrogens with one attached hydrogen (secondary N) is 1. The molecule has 0 fully saturated rings. The van der Waals surface area contributed by atoms with Gasteiger partial charge in [0.2, 0.25) is 0 Å². The Morgan fingerprint density at radius 2 is 1.96 bits per heavy atom. The Labute approximate surface area is 135 Å². The second-order valence-electron chi connectivity index (χ2n) is 4.87. The Kier molecular flexibility index (Phi) is 7.59. The fraction of sp³-hybridized carbons (Fsp3) is 0.438. The molecule has 0 aliphatic carbocycles.